The first-order chi connectivity index (χ1) is 8.70. The summed E-state index contributed by atoms with van der Waals surface area (Å²) in [5, 5.41) is 6.77. The third-order valence-electron chi connectivity index (χ3n) is 2.39. The van der Waals surface area contributed by atoms with Crippen molar-refractivity contribution >= 4 is 11.6 Å². The van der Waals surface area contributed by atoms with Crippen molar-refractivity contribution < 1.29 is 9.53 Å². The van der Waals surface area contributed by atoms with Crippen LogP contribution >= 0.6 is 0 Å². The van der Waals surface area contributed by atoms with Crippen LogP contribution in [0.5, 0.6) is 5.75 Å². The highest BCUT2D eigenvalue weighted by atomic mass is 16.5. The fraction of sp³-hybridized carbons (Fsp3) is 0.231. The van der Waals surface area contributed by atoms with E-state index in [1.54, 1.807) is 42.3 Å². The maximum Gasteiger partial charge on any atom is 0.259 e. The maximum atomic E-state index is 12.1. The Bertz CT molecular complexity index is 549. The second kappa shape index (κ2) is 5.35. The number of benzene rings is 1. The number of nitrogens with one attached hydrogen (secondary N) is 1. The van der Waals surface area contributed by atoms with Gasteiger partial charge in [0.05, 0.1) is 24.1 Å². The predicted molar refractivity (Wildman–Crippen MR) is 68.8 cm³/mol. The number of hydrogen-bond acceptors (Lipinski definition) is 3. The highest BCUT2D eigenvalue weighted by Gasteiger charge is 2.12. The van der Waals surface area contributed by atoms with Crippen LogP contribution in [-0.2, 0) is 7.05 Å². The molecule has 1 heterocycles. The van der Waals surface area contributed by atoms with E-state index in [0.717, 1.165) is 0 Å². The molecule has 0 bridgehead atoms. The lowest BCUT2D eigenvalue weighted by Crippen LogP contribution is -2.13. The van der Waals surface area contributed by atoms with Gasteiger partial charge in [-0.3, -0.25) is 9.48 Å². The van der Waals surface area contributed by atoms with Gasteiger partial charge in [-0.25, -0.2) is 0 Å². The van der Waals surface area contributed by atoms with Gasteiger partial charge in [-0.15, -0.1) is 0 Å². The van der Waals surface area contributed by atoms with Crippen molar-refractivity contribution in [1.82, 2.24) is 9.78 Å². The van der Waals surface area contributed by atoms with Crippen LogP contribution in [0.1, 0.15) is 17.3 Å². The minimum atomic E-state index is -0.202. The Balaban J connectivity index is 2.18. The van der Waals surface area contributed by atoms with Crippen LogP contribution in [0.3, 0.4) is 0 Å². The summed E-state index contributed by atoms with van der Waals surface area (Å²) in [5.41, 5.74) is 1.18. The van der Waals surface area contributed by atoms with Crippen LogP contribution in [0.25, 0.3) is 0 Å². The Kier molecular flexibility index (Phi) is 3.62. The zero-order chi connectivity index (χ0) is 13.0. The van der Waals surface area contributed by atoms with Crippen molar-refractivity contribution in [1.29, 1.82) is 0 Å². The molecule has 1 aromatic carbocycles. The van der Waals surface area contributed by atoms with E-state index in [1.165, 1.54) is 0 Å². The van der Waals surface area contributed by atoms with Gasteiger partial charge in [0.1, 0.15) is 5.75 Å². The molecule has 94 valence electrons. The summed E-state index contributed by atoms with van der Waals surface area (Å²) in [5.74, 6) is 0.383. The van der Waals surface area contributed by atoms with E-state index < -0.39 is 0 Å². The normalized spacial score (nSPS) is 10.1. The van der Waals surface area contributed by atoms with Crippen molar-refractivity contribution in [3.63, 3.8) is 0 Å². The molecule has 0 saturated heterocycles. The minimum Gasteiger partial charge on any atom is -0.493 e. The second-order valence-electron chi connectivity index (χ2n) is 3.79. The summed E-state index contributed by atoms with van der Waals surface area (Å²) in [6.45, 7) is 2.41. The van der Waals surface area contributed by atoms with Crippen LogP contribution < -0.4 is 10.1 Å². The first kappa shape index (κ1) is 12.2. The van der Waals surface area contributed by atoms with Crippen molar-refractivity contribution in [2.75, 3.05) is 11.9 Å². The van der Waals surface area contributed by atoms with Gasteiger partial charge in [-0.1, -0.05) is 12.1 Å². The molecule has 1 amide bonds. The van der Waals surface area contributed by atoms with Crippen molar-refractivity contribution in [2.45, 2.75) is 6.92 Å². The number of anilines is 1. The Morgan fingerprint density at radius 3 is 2.89 bits per heavy atom. The Labute approximate surface area is 105 Å². The third kappa shape index (κ3) is 2.68. The number of carbonyl (C=O) groups excluding carboxylic acids is 1. The quantitative estimate of drug-likeness (QED) is 0.897. The van der Waals surface area contributed by atoms with Gasteiger partial charge in [0, 0.05) is 13.2 Å². The smallest absolute Gasteiger partial charge is 0.259 e. The van der Waals surface area contributed by atoms with Gasteiger partial charge in [0.15, 0.2) is 0 Å². The summed E-state index contributed by atoms with van der Waals surface area (Å²) in [6.07, 6.45) is 3.34. The average molecular weight is 245 g/mol. The largest absolute Gasteiger partial charge is 0.493 e. The monoisotopic (exact) mass is 245 g/mol. The molecule has 1 aromatic heterocycles. The number of carbonyl (C=O) groups is 1. The van der Waals surface area contributed by atoms with Crippen LogP contribution in [0, 0.1) is 0 Å². The molecule has 1 N–H and O–H groups in total. The van der Waals surface area contributed by atoms with Gasteiger partial charge in [0.25, 0.3) is 5.91 Å². The van der Waals surface area contributed by atoms with E-state index >= 15 is 0 Å². The van der Waals surface area contributed by atoms with Crippen molar-refractivity contribution in [3.05, 3.63) is 42.2 Å². The summed E-state index contributed by atoms with van der Waals surface area (Å²) < 4.78 is 7.05. The average Bonchev–Trinajstić information content (AvgIpc) is 2.76. The van der Waals surface area contributed by atoms with E-state index in [1.807, 2.05) is 13.0 Å². The molecule has 0 aliphatic carbocycles. The van der Waals surface area contributed by atoms with Gasteiger partial charge < -0.3 is 10.1 Å². The van der Waals surface area contributed by atoms with Crippen LogP contribution in [-0.4, -0.2) is 22.3 Å². The fourth-order valence-corrected chi connectivity index (χ4v) is 1.62. The number of para-hydroxylation sites is 1. The third-order valence-corrected chi connectivity index (χ3v) is 2.39. The maximum absolute atomic E-state index is 12.1. The SMILES string of the molecule is CCOc1ccccc1C(=O)Nc1cnn(C)c1. The van der Waals surface area contributed by atoms with Crippen LogP contribution in [0.15, 0.2) is 36.7 Å². The molecule has 0 saturated carbocycles. The van der Waals surface area contributed by atoms with E-state index in [-0.39, 0.29) is 5.91 Å². The molecule has 2 aromatic rings. The molecule has 0 unspecified atom stereocenters. The van der Waals surface area contributed by atoms with Gasteiger partial charge >= 0.3 is 0 Å². The first-order valence-corrected chi connectivity index (χ1v) is 5.72. The highest BCUT2D eigenvalue weighted by molar-refractivity contribution is 6.06. The molecule has 5 nitrogen and oxygen atoms in total. The van der Waals surface area contributed by atoms with Gasteiger partial charge in [-0.2, -0.15) is 5.10 Å². The standard InChI is InChI=1S/C13H15N3O2/c1-3-18-12-7-5-4-6-11(12)13(17)15-10-8-14-16(2)9-10/h4-9H,3H2,1-2H3,(H,15,17). The van der Waals surface area contributed by atoms with E-state index in [0.29, 0.717) is 23.6 Å². The first-order valence-electron chi connectivity index (χ1n) is 5.72. The van der Waals surface area contributed by atoms with E-state index in [4.69, 9.17) is 4.74 Å². The summed E-state index contributed by atoms with van der Waals surface area (Å²) in [7, 11) is 1.80. The minimum absolute atomic E-state index is 0.202. The molecule has 0 fully saturated rings. The number of amides is 1. The molecule has 0 spiro atoms. The zero-order valence-corrected chi connectivity index (χ0v) is 10.4. The molecule has 2 rings (SSSR count). The number of nitrogens with zero attached hydrogens (tertiary/aromatic N) is 2. The Morgan fingerprint density at radius 1 is 1.44 bits per heavy atom. The summed E-state index contributed by atoms with van der Waals surface area (Å²) >= 11 is 0. The van der Waals surface area contributed by atoms with Crippen molar-refractivity contribution in [3.8, 4) is 5.75 Å². The lowest BCUT2D eigenvalue weighted by atomic mass is 10.2. The molecule has 0 atom stereocenters. The Hall–Kier alpha value is -2.30. The number of aryl methyl sites for hydroxylation is 1. The van der Waals surface area contributed by atoms with E-state index in [2.05, 4.69) is 10.4 Å². The lowest BCUT2D eigenvalue weighted by Gasteiger charge is -2.09. The molecule has 0 aliphatic heterocycles. The summed E-state index contributed by atoms with van der Waals surface area (Å²) in [4.78, 5) is 12.1. The van der Waals surface area contributed by atoms with Crippen molar-refractivity contribution in [2.24, 2.45) is 7.05 Å². The summed E-state index contributed by atoms with van der Waals surface area (Å²) in [6, 6.07) is 7.16. The van der Waals surface area contributed by atoms with Crippen LogP contribution in [0.4, 0.5) is 5.69 Å². The van der Waals surface area contributed by atoms with Crippen LogP contribution in [0.2, 0.25) is 0 Å². The van der Waals surface area contributed by atoms with Gasteiger partial charge in [-0.05, 0) is 19.1 Å². The number of aromatic nitrogens is 2. The van der Waals surface area contributed by atoms with Gasteiger partial charge in [0.2, 0.25) is 0 Å². The molecular weight excluding hydrogens is 230 g/mol. The molecule has 18 heavy (non-hydrogen) atoms. The topological polar surface area (TPSA) is 56.1 Å². The number of ether oxygens (including phenoxy) is 1. The molecular formula is C13H15N3O2. The Morgan fingerprint density at radius 2 is 2.22 bits per heavy atom. The number of rotatable bonds is 4. The second-order valence-corrected chi connectivity index (χ2v) is 3.79. The van der Waals surface area contributed by atoms with E-state index in [9.17, 15) is 4.79 Å². The zero-order valence-electron chi connectivity index (χ0n) is 10.4. The highest BCUT2D eigenvalue weighted by Crippen LogP contribution is 2.19. The lowest BCUT2D eigenvalue weighted by molar-refractivity contribution is 0.102. The fourth-order valence-electron chi connectivity index (χ4n) is 1.62. The molecule has 0 aliphatic rings. The number of hydrogen-bond donors (Lipinski definition) is 1. The molecule has 5 heteroatoms. The predicted octanol–water partition coefficient (Wildman–Crippen LogP) is 2.07. The molecule has 0 radical (unpaired) electrons.